The molecule has 2 unspecified atom stereocenters. The molecule has 2 heterocycles. The quantitative estimate of drug-likeness (QED) is 0.0325. The minimum Gasteiger partial charge on any atom is -0.424 e. The van der Waals surface area contributed by atoms with Gasteiger partial charge in [-0.15, -0.1) is 0 Å². The predicted octanol–water partition coefficient (Wildman–Crippen LogP) is -1.75. The van der Waals surface area contributed by atoms with Gasteiger partial charge in [0.2, 0.25) is 11.6 Å². The molecule has 2 aliphatic heterocycles. The van der Waals surface area contributed by atoms with Crippen molar-refractivity contribution in [3.05, 3.63) is 0 Å². The summed E-state index contributed by atoms with van der Waals surface area (Å²) in [5, 5.41) is 104. The summed E-state index contributed by atoms with van der Waals surface area (Å²) < 4.78 is 21.3. The molecule has 10 atom stereocenters. The van der Waals surface area contributed by atoms with E-state index in [2.05, 4.69) is 6.92 Å². The number of ketones is 1. The topological polar surface area (TPSA) is 273 Å². The van der Waals surface area contributed by atoms with Crippen LogP contribution in [0.4, 0.5) is 0 Å². The SMILES string of the molecule is CCCCCCCCCCCCCCCC(=O)O[C@@]1(O)[C@@H](O)[C@H](O)[C@@H](CO)O[C@]1(OC1(CO)O[C@H](CO)[C@@H](O)[C@@H]1O)C(=O)C(O)CO. The standard InChI is InChI=1S/C31H56O16/c1-2-3-4-5-6-7-8-9-10-11-12-13-14-15-23(37)46-30(43)28(42)25(39)22(18-34)45-31(30,26(40)20(36)16-32)47-29(19-35)27(41)24(38)21(17-33)44-29/h20-22,24-25,27-28,32-36,38-39,41-43H,2-19H2,1H3/t20?,21-,22-,24-,25-,27+,28+,29?,30+,31+/m1/s1. The van der Waals surface area contributed by atoms with Gasteiger partial charge in [0.1, 0.15) is 43.2 Å². The maximum atomic E-state index is 13.6. The molecule has 10 N–H and O–H groups in total. The van der Waals surface area contributed by atoms with E-state index in [9.17, 15) is 60.7 Å². The van der Waals surface area contributed by atoms with Gasteiger partial charge in [0.25, 0.3) is 0 Å². The molecule has 16 nitrogen and oxygen atoms in total. The molecule has 0 bridgehead atoms. The minimum atomic E-state index is -3.76. The van der Waals surface area contributed by atoms with Crippen molar-refractivity contribution < 1.29 is 79.6 Å². The van der Waals surface area contributed by atoms with Gasteiger partial charge in [-0.1, -0.05) is 84.0 Å². The number of Topliss-reactive ketones (excluding diaryl/α,β-unsaturated/α-hetero) is 1. The largest absolute Gasteiger partial charge is 0.424 e. The molecular weight excluding hydrogens is 628 g/mol. The maximum absolute atomic E-state index is 13.6. The smallest absolute Gasteiger partial charge is 0.308 e. The van der Waals surface area contributed by atoms with Gasteiger partial charge in [-0.25, -0.2) is 0 Å². The zero-order valence-electron chi connectivity index (χ0n) is 27.2. The van der Waals surface area contributed by atoms with E-state index >= 15 is 0 Å². The number of hydrogen-bond donors (Lipinski definition) is 10. The number of hydrogen-bond acceptors (Lipinski definition) is 16. The normalized spacial score (nSPS) is 34.8. The molecule has 0 saturated carbocycles. The Bertz CT molecular complexity index is 939. The highest BCUT2D eigenvalue weighted by molar-refractivity contribution is 5.92. The number of aliphatic hydroxyl groups excluding tert-OH is 9. The summed E-state index contributed by atoms with van der Waals surface area (Å²) in [7, 11) is 0. The van der Waals surface area contributed by atoms with Crippen molar-refractivity contribution in [3.8, 4) is 0 Å². The number of ether oxygens (including phenoxy) is 4. The number of carbonyl (C=O) groups is 2. The zero-order valence-corrected chi connectivity index (χ0v) is 27.2. The first-order valence-corrected chi connectivity index (χ1v) is 16.7. The first-order valence-electron chi connectivity index (χ1n) is 16.7. The first kappa shape index (κ1) is 41.8. The molecule has 0 radical (unpaired) electrons. The molecule has 0 aromatic carbocycles. The third kappa shape index (κ3) is 9.87. The monoisotopic (exact) mass is 684 g/mol. The van der Waals surface area contributed by atoms with Crippen LogP contribution in [-0.2, 0) is 28.5 Å². The van der Waals surface area contributed by atoms with Crippen LogP contribution in [0.5, 0.6) is 0 Å². The lowest BCUT2D eigenvalue weighted by atomic mass is 9.84. The van der Waals surface area contributed by atoms with Crippen molar-refractivity contribution in [1.82, 2.24) is 0 Å². The van der Waals surface area contributed by atoms with Crippen molar-refractivity contribution in [1.29, 1.82) is 0 Å². The van der Waals surface area contributed by atoms with E-state index < -0.39 is 98.3 Å². The molecular formula is C31H56O16. The Balaban J connectivity index is 2.19. The Kier molecular flexibility index (Phi) is 17.5. The summed E-state index contributed by atoms with van der Waals surface area (Å²) in [6.07, 6.45) is -2.25. The van der Waals surface area contributed by atoms with Gasteiger partial charge < -0.3 is 70.0 Å². The van der Waals surface area contributed by atoms with E-state index in [1.165, 1.54) is 38.5 Å². The second-order valence-electron chi connectivity index (χ2n) is 12.5. The molecule has 0 aromatic rings. The molecule has 0 aliphatic carbocycles. The summed E-state index contributed by atoms with van der Waals surface area (Å²) in [5.74, 6) is -13.5. The van der Waals surface area contributed by atoms with E-state index in [0.29, 0.717) is 6.42 Å². The molecule has 47 heavy (non-hydrogen) atoms. The van der Waals surface area contributed by atoms with E-state index in [4.69, 9.17) is 18.9 Å². The van der Waals surface area contributed by atoms with Crippen LogP contribution >= 0.6 is 0 Å². The van der Waals surface area contributed by atoms with Gasteiger partial charge in [0, 0.05) is 6.42 Å². The Hall–Kier alpha value is -1.38. The molecule has 2 aliphatic rings. The molecule has 276 valence electrons. The lowest BCUT2D eigenvalue weighted by Crippen LogP contribution is -2.80. The molecule has 0 amide bonds. The van der Waals surface area contributed by atoms with Crippen molar-refractivity contribution in [2.24, 2.45) is 0 Å². The van der Waals surface area contributed by atoms with Gasteiger partial charge >= 0.3 is 17.5 Å². The minimum absolute atomic E-state index is 0.263. The fourth-order valence-corrected chi connectivity index (χ4v) is 5.96. The summed E-state index contributed by atoms with van der Waals surface area (Å²) in [6, 6.07) is 0. The van der Waals surface area contributed by atoms with Crippen molar-refractivity contribution in [3.63, 3.8) is 0 Å². The number of esters is 1. The van der Waals surface area contributed by atoms with Gasteiger partial charge in [-0.05, 0) is 6.42 Å². The first-order chi connectivity index (χ1) is 22.3. The van der Waals surface area contributed by atoms with Gasteiger partial charge in [-0.3, -0.25) is 9.59 Å². The molecule has 2 saturated heterocycles. The molecule has 0 aromatic heterocycles. The fourth-order valence-electron chi connectivity index (χ4n) is 5.96. The highest BCUT2D eigenvalue weighted by atomic mass is 16.8. The van der Waals surface area contributed by atoms with E-state index in [0.717, 1.165) is 32.1 Å². The number of unbranched alkanes of at least 4 members (excludes halogenated alkanes) is 12. The third-order valence-electron chi connectivity index (χ3n) is 8.85. The summed E-state index contributed by atoms with van der Waals surface area (Å²) in [5.41, 5.74) is 0. The predicted molar refractivity (Wildman–Crippen MR) is 161 cm³/mol. The maximum Gasteiger partial charge on any atom is 0.308 e. The highest BCUT2D eigenvalue weighted by Gasteiger charge is 2.76. The molecule has 0 spiro atoms. The van der Waals surface area contributed by atoms with Gasteiger partial charge in [0.15, 0.2) is 6.10 Å². The van der Waals surface area contributed by atoms with E-state index in [-0.39, 0.29) is 12.8 Å². The second-order valence-corrected chi connectivity index (χ2v) is 12.5. The summed E-state index contributed by atoms with van der Waals surface area (Å²) >= 11 is 0. The van der Waals surface area contributed by atoms with Crippen LogP contribution in [0.25, 0.3) is 0 Å². The van der Waals surface area contributed by atoms with E-state index in [1.54, 1.807) is 0 Å². The van der Waals surface area contributed by atoms with Crippen LogP contribution in [0.2, 0.25) is 0 Å². The Labute approximate surface area is 274 Å². The van der Waals surface area contributed by atoms with Crippen LogP contribution in [-0.4, -0.2) is 149 Å². The second kappa shape index (κ2) is 19.7. The van der Waals surface area contributed by atoms with Crippen molar-refractivity contribution in [2.45, 2.75) is 157 Å². The average Bonchev–Trinajstić information content (AvgIpc) is 3.31. The summed E-state index contributed by atoms with van der Waals surface area (Å²) in [6.45, 7) is -2.65. The number of rotatable bonds is 23. The van der Waals surface area contributed by atoms with Crippen molar-refractivity contribution in [2.75, 3.05) is 26.4 Å². The lowest BCUT2D eigenvalue weighted by molar-refractivity contribution is -0.478. The lowest BCUT2D eigenvalue weighted by Gasteiger charge is -2.54. The van der Waals surface area contributed by atoms with Crippen LogP contribution in [0.1, 0.15) is 96.8 Å². The zero-order chi connectivity index (χ0) is 35.3. The van der Waals surface area contributed by atoms with Gasteiger partial charge in [0.05, 0.1) is 19.8 Å². The highest BCUT2D eigenvalue weighted by Crippen LogP contribution is 2.47. The summed E-state index contributed by atoms with van der Waals surface area (Å²) in [4.78, 5) is 26.6. The van der Waals surface area contributed by atoms with Crippen LogP contribution < -0.4 is 0 Å². The van der Waals surface area contributed by atoms with Crippen molar-refractivity contribution >= 4 is 11.8 Å². The van der Waals surface area contributed by atoms with Crippen LogP contribution in [0.15, 0.2) is 0 Å². The fraction of sp³-hybridized carbons (Fsp3) is 0.935. The van der Waals surface area contributed by atoms with E-state index in [1.807, 2.05) is 0 Å². The average molecular weight is 685 g/mol. The van der Waals surface area contributed by atoms with Crippen LogP contribution in [0.3, 0.4) is 0 Å². The molecule has 2 fully saturated rings. The number of carbonyl (C=O) groups excluding carboxylic acids is 2. The van der Waals surface area contributed by atoms with Crippen LogP contribution in [0, 0.1) is 0 Å². The Morgan fingerprint density at radius 1 is 0.723 bits per heavy atom. The molecule has 2 rings (SSSR count). The third-order valence-corrected chi connectivity index (χ3v) is 8.85. The Morgan fingerprint density at radius 2 is 1.19 bits per heavy atom. The number of aliphatic hydroxyl groups is 10. The molecule has 16 heteroatoms. The van der Waals surface area contributed by atoms with Gasteiger partial charge in [-0.2, -0.15) is 0 Å². The Morgan fingerprint density at radius 3 is 1.64 bits per heavy atom.